The third-order valence-corrected chi connectivity index (χ3v) is 5.29. The van der Waals surface area contributed by atoms with Crippen molar-refractivity contribution in [3.63, 3.8) is 0 Å². The van der Waals surface area contributed by atoms with E-state index >= 15 is 0 Å². The van der Waals surface area contributed by atoms with E-state index in [0.29, 0.717) is 18.7 Å². The first-order chi connectivity index (χ1) is 11.1. The summed E-state index contributed by atoms with van der Waals surface area (Å²) in [5.74, 6) is 0.762. The fraction of sp³-hybridized carbons (Fsp3) is 0.176. The molecule has 2 aromatic carbocycles. The molecule has 2 aromatic rings. The molecule has 0 fully saturated rings. The van der Waals surface area contributed by atoms with Crippen LogP contribution in [-0.2, 0) is 5.75 Å². The van der Waals surface area contributed by atoms with Crippen LogP contribution in [0.3, 0.4) is 0 Å². The Bertz CT molecular complexity index is 731. The Morgan fingerprint density at radius 2 is 1.87 bits per heavy atom. The summed E-state index contributed by atoms with van der Waals surface area (Å²) >= 11 is 10.9. The quantitative estimate of drug-likeness (QED) is 0.726. The van der Waals surface area contributed by atoms with Crippen LogP contribution < -0.4 is 0 Å². The molecular formula is C17H14BrClN2OS. The average Bonchev–Trinajstić information content (AvgIpc) is 3.03. The van der Waals surface area contributed by atoms with Gasteiger partial charge in [0.25, 0.3) is 5.91 Å². The van der Waals surface area contributed by atoms with Gasteiger partial charge in [0.15, 0.2) is 5.17 Å². The predicted octanol–water partition coefficient (Wildman–Crippen LogP) is 4.85. The van der Waals surface area contributed by atoms with E-state index in [4.69, 9.17) is 11.6 Å². The van der Waals surface area contributed by atoms with E-state index in [1.807, 2.05) is 48.5 Å². The molecule has 0 radical (unpaired) electrons. The van der Waals surface area contributed by atoms with Crippen LogP contribution in [0, 0.1) is 0 Å². The van der Waals surface area contributed by atoms with E-state index in [0.717, 1.165) is 26.0 Å². The third-order valence-electron chi connectivity index (χ3n) is 3.42. The van der Waals surface area contributed by atoms with Gasteiger partial charge in [0.05, 0.1) is 6.54 Å². The van der Waals surface area contributed by atoms with Crippen molar-refractivity contribution in [3.8, 4) is 0 Å². The summed E-state index contributed by atoms with van der Waals surface area (Å²) in [6, 6.07) is 15.1. The highest BCUT2D eigenvalue weighted by molar-refractivity contribution is 9.10. The summed E-state index contributed by atoms with van der Waals surface area (Å²) in [6.45, 7) is 1.29. The number of benzene rings is 2. The van der Waals surface area contributed by atoms with Crippen LogP contribution in [0.4, 0.5) is 0 Å². The van der Waals surface area contributed by atoms with E-state index < -0.39 is 0 Å². The lowest BCUT2D eigenvalue weighted by molar-refractivity contribution is 0.0860. The highest BCUT2D eigenvalue weighted by Gasteiger charge is 2.25. The fourth-order valence-corrected chi connectivity index (χ4v) is 3.61. The Balaban J connectivity index is 1.66. The number of carbonyl (C=O) groups is 1. The molecule has 0 aromatic heterocycles. The van der Waals surface area contributed by atoms with Crippen molar-refractivity contribution in [1.82, 2.24) is 4.90 Å². The zero-order chi connectivity index (χ0) is 16.2. The number of nitrogens with zero attached hydrogens (tertiary/aromatic N) is 2. The lowest BCUT2D eigenvalue weighted by Crippen LogP contribution is -2.32. The van der Waals surface area contributed by atoms with Gasteiger partial charge in [0.2, 0.25) is 0 Å². The van der Waals surface area contributed by atoms with Crippen LogP contribution in [0.15, 0.2) is 58.0 Å². The highest BCUT2D eigenvalue weighted by atomic mass is 79.9. The van der Waals surface area contributed by atoms with Crippen LogP contribution >= 0.6 is 39.3 Å². The van der Waals surface area contributed by atoms with Gasteiger partial charge < -0.3 is 0 Å². The van der Waals surface area contributed by atoms with Gasteiger partial charge in [-0.2, -0.15) is 0 Å². The van der Waals surface area contributed by atoms with Crippen molar-refractivity contribution in [2.24, 2.45) is 4.99 Å². The second-order valence-corrected chi connectivity index (χ2v) is 7.34. The summed E-state index contributed by atoms with van der Waals surface area (Å²) in [5.41, 5.74) is 1.83. The zero-order valence-corrected chi connectivity index (χ0v) is 15.4. The lowest BCUT2D eigenvalue weighted by Gasteiger charge is -2.18. The molecule has 0 unspecified atom stereocenters. The monoisotopic (exact) mass is 408 g/mol. The van der Waals surface area contributed by atoms with Crippen molar-refractivity contribution < 1.29 is 4.79 Å². The zero-order valence-electron chi connectivity index (χ0n) is 12.2. The number of aliphatic imine (C=N–C) groups is 1. The number of hydrogen-bond acceptors (Lipinski definition) is 3. The van der Waals surface area contributed by atoms with Crippen LogP contribution in [0.5, 0.6) is 0 Å². The summed E-state index contributed by atoms with van der Waals surface area (Å²) in [4.78, 5) is 18.8. The van der Waals surface area contributed by atoms with Gasteiger partial charge in [-0.25, -0.2) is 0 Å². The van der Waals surface area contributed by atoms with Gasteiger partial charge in [0, 0.05) is 27.4 Å². The Morgan fingerprint density at radius 1 is 1.17 bits per heavy atom. The average molecular weight is 410 g/mol. The molecule has 6 heteroatoms. The third kappa shape index (κ3) is 4.16. The van der Waals surface area contributed by atoms with Crippen molar-refractivity contribution in [3.05, 3.63) is 69.2 Å². The molecule has 0 aliphatic carbocycles. The van der Waals surface area contributed by atoms with Crippen LogP contribution in [0.2, 0.25) is 5.02 Å². The van der Waals surface area contributed by atoms with Crippen molar-refractivity contribution in [2.75, 3.05) is 13.1 Å². The number of amidine groups is 1. The molecule has 118 valence electrons. The van der Waals surface area contributed by atoms with Gasteiger partial charge in [-0.05, 0) is 42.0 Å². The molecule has 23 heavy (non-hydrogen) atoms. The molecular weight excluding hydrogens is 396 g/mol. The molecule has 0 atom stereocenters. The van der Waals surface area contributed by atoms with Gasteiger partial charge in [-0.15, -0.1) is 0 Å². The van der Waals surface area contributed by atoms with E-state index in [1.165, 1.54) is 0 Å². The molecule has 0 spiro atoms. The second-order valence-electron chi connectivity index (χ2n) is 5.04. The molecule has 1 amide bonds. The number of thioether (sulfide) groups is 1. The first-order valence-electron chi connectivity index (χ1n) is 7.12. The topological polar surface area (TPSA) is 32.7 Å². The molecule has 3 rings (SSSR count). The van der Waals surface area contributed by atoms with Crippen LogP contribution in [0.1, 0.15) is 15.9 Å². The lowest BCUT2D eigenvalue weighted by atomic mass is 10.2. The van der Waals surface area contributed by atoms with Gasteiger partial charge in [-0.1, -0.05) is 51.4 Å². The van der Waals surface area contributed by atoms with E-state index in [1.54, 1.807) is 16.7 Å². The smallest absolute Gasteiger partial charge is 0.259 e. The number of hydrogen-bond donors (Lipinski definition) is 0. The second kappa shape index (κ2) is 7.51. The molecule has 0 saturated heterocycles. The van der Waals surface area contributed by atoms with Crippen LogP contribution in [0.25, 0.3) is 0 Å². The Labute approximate surface area is 152 Å². The molecule has 3 nitrogen and oxygen atoms in total. The molecule has 0 N–H and O–H groups in total. The number of halogens is 2. The van der Waals surface area contributed by atoms with Gasteiger partial charge >= 0.3 is 0 Å². The van der Waals surface area contributed by atoms with Crippen LogP contribution in [-0.4, -0.2) is 29.1 Å². The molecule has 0 saturated carbocycles. The van der Waals surface area contributed by atoms with Gasteiger partial charge in [0.1, 0.15) is 0 Å². The van der Waals surface area contributed by atoms with Crippen molar-refractivity contribution in [1.29, 1.82) is 0 Å². The highest BCUT2D eigenvalue weighted by Crippen LogP contribution is 2.22. The Morgan fingerprint density at radius 3 is 2.57 bits per heavy atom. The summed E-state index contributed by atoms with van der Waals surface area (Å²) in [6.07, 6.45) is 0. The van der Waals surface area contributed by atoms with E-state index in [-0.39, 0.29) is 5.91 Å². The first-order valence-corrected chi connectivity index (χ1v) is 9.28. The summed E-state index contributed by atoms with van der Waals surface area (Å²) < 4.78 is 0.960. The predicted molar refractivity (Wildman–Crippen MR) is 100 cm³/mol. The van der Waals surface area contributed by atoms with E-state index in [9.17, 15) is 4.79 Å². The minimum absolute atomic E-state index is 0.00245. The minimum atomic E-state index is -0.00245. The normalized spacial score (nSPS) is 14.0. The SMILES string of the molecule is O=C(c1ccc(Br)cc1)N1CCN=C1SCc1ccc(Cl)cc1. The number of carbonyl (C=O) groups excluding carboxylic acids is 1. The molecule has 0 bridgehead atoms. The standard InChI is InChI=1S/C17H14BrClN2OS/c18-14-5-3-13(4-6-14)16(22)21-10-9-20-17(21)23-11-12-1-7-15(19)8-2-12/h1-8H,9-11H2. The first kappa shape index (κ1) is 16.6. The minimum Gasteiger partial charge on any atom is -0.286 e. The van der Waals surface area contributed by atoms with Gasteiger partial charge in [-0.3, -0.25) is 14.7 Å². The van der Waals surface area contributed by atoms with Crippen molar-refractivity contribution in [2.45, 2.75) is 5.75 Å². The van der Waals surface area contributed by atoms with E-state index in [2.05, 4.69) is 20.9 Å². The Kier molecular flexibility index (Phi) is 5.41. The number of rotatable bonds is 3. The molecule has 1 aliphatic rings. The largest absolute Gasteiger partial charge is 0.286 e. The maximum Gasteiger partial charge on any atom is 0.259 e. The maximum absolute atomic E-state index is 12.6. The maximum atomic E-state index is 12.6. The molecule has 1 aliphatic heterocycles. The molecule has 1 heterocycles. The summed E-state index contributed by atoms with van der Waals surface area (Å²) in [7, 11) is 0. The Hall–Kier alpha value is -1.30. The van der Waals surface area contributed by atoms with Crippen molar-refractivity contribution >= 4 is 50.4 Å². The fourth-order valence-electron chi connectivity index (χ4n) is 2.22. The number of amides is 1. The summed E-state index contributed by atoms with van der Waals surface area (Å²) in [5, 5.41) is 1.51.